The Hall–Kier alpha value is -2.96. The maximum absolute atomic E-state index is 12.8. The molecule has 2 aromatic rings. The molecule has 7 nitrogen and oxygen atoms in total. The number of para-hydroxylation sites is 1. The van der Waals surface area contributed by atoms with Crippen LogP contribution in [0, 0.1) is 6.92 Å². The maximum atomic E-state index is 12.8. The first-order chi connectivity index (χ1) is 13.0. The summed E-state index contributed by atoms with van der Waals surface area (Å²) in [5.74, 6) is 0.568. The SMILES string of the molecule is Cc1cccc(C(C)C)c1NC(=O)c1ccnc(N2CCN(C=O)CC2)n1. The van der Waals surface area contributed by atoms with Gasteiger partial charge in [-0.05, 0) is 30.0 Å². The molecule has 2 amide bonds. The van der Waals surface area contributed by atoms with Gasteiger partial charge >= 0.3 is 0 Å². The fraction of sp³-hybridized carbons (Fsp3) is 0.400. The van der Waals surface area contributed by atoms with E-state index < -0.39 is 0 Å². The van der Waals surface area contributed by atoms with Crippen molar-refractivity contribution in [3.05, 3.63) is 47.3 Å². The van der Waals surface area contributed by atoms with Gasteiger partial charge in [0, 0.05) is 38.1 Å². The van der Waals surface area contributed by atoms with Crippen LogP contribution < -0.4 is 10.2 Å². The molecular weight excluding hydrogens is 342 g/mol. The lowest BCUT2D eigenvalue weighted by Crippen LogP contribution is -2.46. The number of carbonyl (C=O) groups excluding carboxylic acids is 2. The molecule has 1 aromatic carbocycles. The van der Waals surface area contributed by atoms with Gasteiger partial charge in [0.05, 0.1) is 0 Å². The molecule has 3 rings (SSSR count). The molecule has 1 aromatic heterocycles. The zero-order valence-corrected chi connectivity index (χ0v) is 16.0. The zero-order valence-electron chi connectivity index (χ0n) is 16.0. The van der Waals surface area contributed by atoms with Crippen molar-refractivity contribution in [3.8, 4) is 0 Å². The molecule has 0 atom stereocenters. The first-order valence-corrected chi connectivity index (χ1v) is 9.17. The zero-order chi connectivity index (χ0) is 19.4. The molecule has 27 heavy (non-hydrogen) atoms. The Kier molecular flexibility index (Phi) is 5.69. The lowest BCUT2D eigenvalue weighted by molar-refractivity contribution is -0.118. The average molecular weight is 367 g/mol. The summed E-state index contributed by atoms with van der Waals surface area (Å²) < 4.78 is 0. The number of rotatable bonds is 5. The van der Waals surface area contributed by atoms with Crippen molar-refractivity contribution < 1.29 is 9.59 Å². The summed E-state index contributed by atoms with van der Waals surface area (Å²) >= 11 is 0. The summed E-state index contributed by atoms with van der Waals surface area (Å²) in [6.07, 6.45) is 2.46. The van der Waals surface area contributed by atoms with Crippen LogP contribution in [0.15, 0.2) is 30.5 Å². The van der Waals surface area contributed by atoms with Crippen molar-refractivity contribution in [2.75, 3.05) is 36.4 Å². The van der Waals surface area contributed by atoms with Crippen molar-refractivity contribution >= 4 is 24.0 Å². The van der Waals surface area contributed by atoms with Gasteiger partial charge in [-0.1, -0.05) is 32.0 Å². The first-order valence-electron chi connectivity index (χ1n) is 9.17. The topological polar surface area (TPSA) is 78.4 Å². The van der Waals surface area contributed by atoms with Gasteiger partial charge in [-0.2, -0.15) is 0 Å². The number of aromatic nitrogens is 2. The van der Waals surface area contributed by atoms with E-state index in [2.05, 4.69) is 29.1 Å². The molecule has 2 heterocycles. The molecule has 0 radical (unpaired) electrons. The lowest BCUT2D eigenvalue weighted by atomic mass is 9.98. The summed E-state index contributed by atoms with van der Waals surface area (Å²) in [6, 6.07) is 7.64. The van der Waals surface area contributed by atoms with E-state index in [1.54, 1.807) is 17.2 Å². The smallest absolute Gasteiger partial charge is 0.274 e. The number of benzene rings is 1. The minimum atomic E-state index is -0.249. The number of carbonyl (C=O) groups is 2. The van der Waals surface area contributed by atoms with Crippen LogP contribution >= 0.6 is 0 Å². The van der Waals surface area contributed by atoms with E-state index in [1.807, 2.05) is 30.0 Å². The molecule has 1 fully saturated rings. The number of hydrogen-bond acceptors (Lipinski definition) is 5. The highest BCUT2D eigenvalue weighted by molar-refractivity contribution is 6.03. The second-order valence-electron chi connectivity index (χ2n) is 7.02. The molecule has 1 saturated heterocycles. The van der Waals surface area contributed by atoms with E-state index in [-0.39, 0.29) is 5.91 Å². The molecular formula is C20H25N5O2. The molecule has 1 N–H and O–H groups in total. The quantitative estimate of drug-likeness (QED) is 0.821. The van der Waals surface area contributed by atoms with E-state index in [4.69, 9.17) is 0 Å². The van der Waals surface area contributed by atoms with Gasteiger partial charge in [0.2, 0.25) is 12.4 Å². The number of anilines is 2. The normalized spacial score (nSPS) is 14.4. The molecule has 0 saturated carbocycles. The Bertz CT molecular complexity index is 829. The Balaban J connectivity index is 1.78. The van der Waals surface area contributed by atoms with Gasteiger partial charge in [0.15, 0.2) is 0 Å². The summed E-state index contributed by atoms with van der Waals surface area (Å²) in [5, 5.41) is 3.02. The standard InChI is InChI=1S/C20H25N5O2/c1-14(2)16-6-4-5-15(3)18(16)23-19(27)17-7-8-21-20(22-17)25-11-9-24(13-26)10-12-25/h4-8,13-14H,9-12H2,1-3H3,(H,23,27). The van der Waals surface area contributed by atoms with Crippen LogP contribution in [-0.2, 0) is 4.79 Å². The predicted octanol–water partition coefficient (Wildman–Crippen LogP) is 2.44. The molecule has 7 heteroatoms. The largest absolute Gasteiger partial charge is 0.342 e. The predicted molar refractivity (Wildman–Crippen MR) is 105 cm³/mol. The summed E-state index contributed by atoms with van der Waals surface area (Å²) in [5.41, 5.74) is 3.30. The number of aryl methyl sites for hydroxylation is 1. The number of nitrogens with one attached hydrogen (secondary N) is 1. The minimum absolute atomic E-state index is 0.249. The molecule has 0 aliphatic carbocycles. The monoisotopic (exact) mass is 367 g/mol. The Labute approximate surface area is 159 Å². The van der Waals surface area contributed by atoms with E-state index >= 15 is 0 Å². The Morgan fingerprint density at radius 1 is 1.19 bits per heavy atom. The Morgan fingerprint density at radius 3 is 2.59 bits per heavy atom. The lowest BCUT2D eigenvalue weighted by Gasteiger charge is -2.32. The molecule has 1 aliphatic heterocycles. The van der Waals surface area contributed by atoms with E-state index in [9.17, 15) is 9.59 Å². The van der Waals surface area contributed by atoms with Crippen LogP contribution in [0.4, 0.5) is 11.6 Å². The molecule has 1 aliphatic rings. The van der Waals surface area contributed by atoms with Crippen molar-refractivity contribution in [1.82, 2.24) is 14.9 Å². The maximum Gasteiger partial charge on any atom is 0.274 e. The van der Waals surface area contributed by atoms with Gasteiger partial charge < -0.3 is 15.1 Å². The van der Waals surface area contributed by atoms with Gasteiger partial charge in [-0.15, -0.1) is 0 Å². The summed E-state index contributed by atoms with van der Waals surface area (Å²) in [7, 11) is 0. The van der Waals surface area contributed by atoms with E-state index in [1.165, 1.54) is 0 Å². The van der Waals surface area contributed by atoms with E-state index in [0.717, 1.165) is 23.2 Å². The minimum Gasteiger partial charge on any atom is -0.342 e. The van der Waals surface area contributed by atoms with Gasteiger partial charge in [0.1, 0.15) is 5.69 Å². The number of amides is 2. The van der Waals surface area contributed by atoms with Crippen LogP contribution in [0.2, 0.25) is 0 Å². The third-order valence-corrected chi connectivity index (χ3v) is 4.79. The molecule has 0 spiro atoms. The van der Waals surface area contributed by atoms with Crippen molar-refractivity contribution in [2.24, 2.45) is 0 Å². The van der Waals surface area contributed by atoms with Crippen LogP contribution in [-0.4, -0.2) is 53.4 Å². The Morgan fingerprint density at radius 2 is 1.93 bits per heavy atom. The fourth-order valence-corrected chi connectivity index (χ4v) is 3.17. The number of nitrogens with zero attached hydrogens (tertiary/aromatic N) is 4. The van der Waals surface area contributed by atoms with Gasteiger partial charge in [0.25, 0.3) is 5.91 Å². The third-order valence-electron chi connectivity index (χ3n) is 4.79. The fourth-order valence-electron chi connectivity index (χ4n) is 3.17. The first kappa shape index (κ1) is 18.8. The van der Waals surface area contributed by atoms with Crippen molar-refractivity contribution in [2.45, 2.75) is 26.7 Å². The van der Waals surface area contributed by atoms with Crippen LogP contribution in [0.1, 0.15) is 41.4 Å². The third kappa shape index (κ3) is 4.24. The second kappa shape index (κ2) is 8.16. The highest BCUT2D eigenvalue weighted by atomic mass is 16.2. The molecule has 142 valence electrons. The van der Waals surface area contributed by atoms with Gasteiger partial charge in [-0.25, -0.2) is 9.97 Å². The average Bonchev–Trinajstić information content (AvgIpc) is 2.69. The number of piperazine rings is 1. The molecule has 0 bridgehead atoms. The van der Waals surface area contributed by atoms with Gasteiger partial charge in [-0.3, -0.25) is 9.59 Å². The van der Waals surface area contributed by atoms with Crippen LogP contribution in [0.5, 0.6) is 0 Å². The van der Waals surface area contributed by atoms with Crippen molar-refractivity contribution in [1.29, 1.82) is 0 Å². The summed E-state index contributed by atoms with van der Waals surface area (Å²) in [4.78, 5) is 36.1. The van der Waals surface area contributed by atoms with Crippen LogP contribution in [0.25, 0.3) is 0 Å². The van der Waals surface area contributed by atoms with Crippen LogP contribution in [0.3, 0.4) is 0 Å². The summed E-state index contributed by atoms with van der Waals surface area (Å²) in [6.45, 7) is 8.75. The highest BCUT2D eigenvalue weighted by Crippen LogP contribution is 2.27. The second-order valence-corrected chi connectivity index (χ2v) is 7.02. The van der Waals surface area contributed by atoms with E-state index in [0.29, 0.717) is 43.7 Å². The highest BCUT2D eigenvalue weighted by Gasteiger charge is 2.20. The molecule has 0 unspecified atom stereocenters. The number of hydrogen-bond donors (Lipinski definition) is 1. The van der Waals surface area contributed by atoms with Crippen molar-refractivity contribution in [3.63, 3.8) is 0 Å².